The van der Waals surface area contributed by atoms with E-state index in [9.17, 15) is 4.79 Å². The number of aromatic amines is 1. The molecule has 1 aliphatic rings. The maximum Gasteiger partial charge on any atom is 0.260 e. The first-order valence-corrected chi connectivity index (χ1v) is 12.7. The third-order valence-corrected chi connectivity index (χ3v) is 6.87. The largest absolute Gasteiger partial charge is 0.330 e. The number of piperazine rings is 1. The Labute approximate surface area is 211 Å². The number of nitrogens with zero attached hydrogens (tertiary/aromatic N) is 4. The molecule has 4 aromatic rings. The van der Waals surface area contributed by atoms with Gasteiger partial charge in [0.05, 0.1) is 11.3 Å². The lowest BCUT2D eigenvalue weighted by Gasteiger charge is -2.32. The first-order valence-electron chi connectivity index (χ1n) is 12.7. The van der Waals surface area contributed by atoms with Crippen LogP contribution in [0.4, 0.5) is 0 Å². The minimum absolute atomic E-state index is 0.143. The Bertz CT molecular complexity index is 1330. The van der Waals surface area contributed by atoms with Gasteiger partial charge in [0, 0.05) is 57.2 Å². The van der Waals surface area contributed by atoms with Gasteiger partial charge in [-0.25, -0.2) is 4.98 Å². The third-order valence-electron chi connectivity index (χ3n) is 6.87. The van der Waals surface area contributed by atoms with Crippen LogP contribution in [0, 0.1) is 0 Å². The van der Waals surface area contributed by atoms with Crippen molar-refractivity contribution in [3.05, 3.63) is 82.4 Å². The van der Waals surface area contributed by atoms with Gasteiger partial charge in [-0.3, -0.25) is 19.1 Å². The molecule has 36 heavy (non-hydrogen) atoms. The zero-order valence-electron chi connectivity index (χ0n) is 20.9. The number of aromatic nitrogens is 3. The topological polar surface area (TPSA) is 94.7 Å². The SMILES string of the molecule is CN1CCN(Cc2ccc(-c3cn4cc(-c5ccc(CNCCCN)cc5)c(=O)[nH]c4n3)cc2)CC1. The molecule has 8 heteroatoms. The second-order valence-corrected chi connectivity index (χ2v) is 9.65. The van der Waals surface area contributed by atoms with Gasteiger partial charge in [-0.05, 0) is 43.2 Å². The molecule has 0 spiro atoms. The number of likely N-dealkylation sites (N-methyl/N-ethyl adjacent to an activating group) is 1. The molecule has 0 aliphatic carbocycles. The van der Waals surface area contributed by atoms with Crippen LogP contribution in [0.1, 0.15) is 17.5 Å². The van der Waals surface area contributed by atoms with Crippen LogP contribution in [-0.4, -0.2) is 70.5 Å². The molecule has 5 rings (SSSR count). The first kappa shape index (κ1) is 24.4. The van der Waals surface area contributed by atoms with E-state index in [0.29, 0.717) is 17.9 Å². The molecule has 0 amide bonds. The van der Waals surface area contributed by atoms with Crippen LogP contribution in [-0.2, 0) is 13.1 Å². The maximum atomic E-state index is 12.8. The Morgan fingerprint density at radius 2 is 1.64 bits per heavy atom. The number of imidazole rings is 1. The molecule has 3 heterocycles. The molecule has 1 aliphatic heterocycles. The summed E-state index contributed by atoms with van der Waals surface area (Å²) in [6.45, 7) is 7.80. The molecule has 0 atom stereocenters. The zero-order valence-corrected chi connectivity index (χ0v) is 20.9. The first-order chi connectivity index (χ1) is 17.6. The van der Waals surface area contributed by atoms with Crippen LogP contribution in [0.2, 0.25) is 0 Å². The predicted octanol–water partition coefficient (Wildman–Crippen LogP) is 2.54. The summed E-state index contributed by atoms with van der Waals surface area (Å²) >= 11 is 0. The van der Waals surface area contributed by atoms with Crippen molar-refractivity contribution in [3.8, 4) is 22.4 Å². The zero-order chi connectivity index (χ0) is 24.9. The molecule has 4 N–H and O–H groups in total. The van der Waals surface area contributed by atoms with Gasteiger partial charge < -0.3 is 16.0 Å². The average Bonchev–Trinajstić information content (AvgIpc) is 3.31. The van der Waals surface area contributed by atoms with E-state index in [1.807, 2.05) is 28.9 Å². The Balaban J connectivity index is 1.30. The van der Waals surface area contributed by atoms with Gasteiger partial charge in [0.15, 0.2) is 0 Å². The normalized spacial score (nSPS) is 15.1. The van der Waals surface area contributed by atoms with Crippen molar-refractivity contribution in [2.45, 2.75) is 19.5 Å². The van der Waals surface area contributed by atoms with Crippen LogP contribution in [0.3, 0.4) is 0 Å². The molecule has 0 saturated carbocycles. The number of hydrogen-bond acceptors (Lipinski definition) is 6. The van der Waals surface area contributed by atoms with Crippen LogP contribution in [0.5, 0.6) is 0 Å². The molecule has 0 bridgehead atoms. The lowest BCUT2D eigenvalue weighted by Crippen LogP contribution is -2.43. The second-order valence-electron chi connectivity index (χ2n) is 9.65. The number of fused-ring (bicyclic) bond motifs is 1. The summed E-state index contributed by atoms with van der Waals surface area (Å²) in [4.78, 5) is 25.3. The van der Waals surface area contributed by atoms with E-state index in [4.69, 9.17) is 5.73 Å². The highest BCUT2D eigenvalue weighted by Crippen LogP contribution is 2.22. The van der Waals surface area contributed by atoms with Gasteiger partial charge in [-0.2, -0.15) is 0 Å². The Morgan fingerprint density at radius 1 is 0.944 bits per heavy atom. The van der Waals surface area contributed by atoms with E-state index in [1.54, 1.807) is 0 Å². The number of hydrogen-bond donors (Lipinski definition) is 3. The summed E-state index contributed by atoms with van der Waals surface area (Å²) in [5, 5.41) is 3.38. The third kappa shape index (κ3) is 5.74. The fourth-order valence-electron chi connectivity index (χ4n) is 4.60. The number of rotatable bonds is 9. The highest BCUT2D eigenvalue weighted by Gasteiger charge is 2.14. The predicted molar refractivity (Wildman–Crippen MR) is 145 cm³/mol. The maximum absolute atomic E-state index is 12.8. The second kappa shape index (κ2) is 11.2. The van der Waals surface area contributed by atoms with E-state index >= 15 is 0 Å². The number of nitrogens with one attached hydrogen (secondary N) is 2. The molecule has 2 aromatic heterocycles. The van der Waals surface area contributed by atoms with Crippen molar-refractivity contribution >= 4 is 5.78 Å². The fraction of sp³-hybridized carbons (Fsp3) is 0.357. The van der Waals surface area contributed by atoms with Gasteiger partial charge >= 0.3 is 0 Å². The molecular weight excluding hydrogens is 450 g/mol. The Hall–Kier alpha value is -3.30. The monoisotopic (exact) mass is 485 g/mol. The minimum atomic E-state index is -0.143. The summed E-state index contributed by atoms with van der Waals surface area (Å²) in [5.74, 6) is 0.543. The van der Waals surface area contributed by atoms with Crippen molar-refractivity contribution in [1.82, 2.24) is 29.5 Å². The van der Waals surface area contributed by atoms with Crippen LogP contribution in [0.25, 0.3) is 28.2 Å². The number of benzene rings is 2. The van der Waals surface area contributed by atoms with Gasteiger partial charge in [-0.15, -0.1) is 0 Å². The highest BCUT2D eigenvalue weighted by molar-refractivity contribution is 5.65. The lowest BCUT2D eigenvalue weighted by molar-refractivity contribution is 0.148. The molecule has 188 valence electrons. The Morgan fingerprint density at radius 3 is 2.36 bits per heavy atom. The smallest absolute Gasteiger partial charge is 0.260 e. The number of H-pyrrole nitrogens is 1. The lowest BCUT2D eigenvalue weighted by atomic mass is 10.1. The van der Waals surface area contributed by atoms with E-state index in [-0.39, 0.29) is 5.56 Å². The molecule has 0 radical (unpaired) electrons. The summed E-state index contributed by atoms with van der Waals surface area (Å²) in [5.41, 5.74) is 11.3. The summed E-state index contributed by atoms with van der Waals surface area (Å²) in [7, 11) is 2.18. The van der Waals surface area contributed by atoms with Gasteiger partial charge in [0.1, 0.15) is 0 Å². The van der Waals surface area contributed by atoms with Crippen LogP contribution < -0.4 is 16.6 Å². The molecule has 1 fully saturated rings. The molecule has 0 unspecified atom stereocenters. The van der Waals surface area contributed by atoms with Crippen LogP contribution >= 0.6 is 0 Å². The molecular formula is C28H35N7O. The van der Waals surface area contributed by atoms with Gasteiger partial charge in [0.25, 0.3) is 5.56 Å². The molecule has 8 nitrogen and oxygen atoms in total. The highest BCUT2D eigenvalue weighted by atomic mass is 16.1. The van der Waals surface area contributed by atoms with Crippen molar-refractivity contribution in [2.24, 2.45) is 5.73 Å². The van der Waals surface area contributed by atoms with Crippen molar-refractivity contribution in [2.75, 3.05) is 46.3 Å². The van der Waals surface area contributed by atoms with Crippen LogP contribution in [0.15, 0.2) is 65.7 Å². The van der Waals surface area contributed by atoms with Gasteiger partial charge in [0.2, 0.25) is 5.78 Å². The molecule has 2 aromatic carbocycles. The van der Waals surface area contributed by atoms with Gasteiger partial charge in [-0.1, -0.05) is 48.5 Å². The number of nitrogens with two attached hydrogens (primary N) is 1. The van der Waals surface area contributed by atoms with Crippen molar-refractivity contribution < 1.29 is 0 Å². The quantitative estimate of drug-likeness (QED) is 0.316. The van der Waals surface area contributed by atoms with E-state index in [0.717, 1.165) is 69.1 Å². The van der Waals surface area contributed by atoms with E-state index < -0.39 is 0 Å². The van der Waals surface area contributed by atoms with Crippen molar-refractivity contribution in [1.29, 1.82) is 0 Å². The van der Waals surface area contributed by atoms with Crippen molar-refractivity contribution in [3.63, 3.8) is 0 Å². The summed E-state index contributed by atoms with van der Waals surface area (Å²) in [6.07, 6.45) is 4.79. The standard InChI is InChI=1S/C28H35N7O/c1-33-13-15-34(16-14-33)18-22-5-9-24(10-6-22)26-20-35-19-25(27(36)32-28(35)31-26)23-7-3-21(4-8-23)17-30-12-2-11-29/h3-10,19-20,30H,2,11-18,29H2,1H3,(H,31,32,36). The van der Waals surface area contributed by atoms with E-state index in [2.05, 4.69) is 68.5 Å². The Kier molecular flexibility index (Phi) is 7.58. The average molecular weight is 486 g/mol. The minimum Gasteiger partial charge on any atom is -0.330 e. The molecule has 1 saturated heterocycles. The summed E-state index contributed by atoms with van der Waals surface area (Å²) < 4.78 is 1.90. The summed E-state index contributed by atoms with van der Waals surface area (Å²) in [6, 6.07) is 16.7. The van der Waals surface area contributed by atoms with E-state index in [1.165, 1.54) is 11.1 Å². The fourth-order valence-corrected chi connectivity index (χ4v) is 4.60.